The molecule has 1 heterocycles. The molecule has 0 saturated heterocycles. The van der Waals surface area contributed by atoms with Crippen molar-refractivity contribution in [1.29, 1.82) is 10.5 Å². The molecular weight excluding hydrogens is 418 g/mol. The van der Waals surface area contributed by atoms with Crippen molar-refractivity contribution in [3.63, 3.8) is 0 Å². The van der Waals surface area contributed by atoms with Gasteiger partial charge >= 0.3 is 0 Å². The molecule has 0 fully saturated rings. The first kappa shape index (κ1) is 19.2. The molecule has 28 heavy (non-hydrogen) atoms. The Kier molecular flexibility index (Phi) is 5.78. The van der Waals surface area contributed by atoms with Crippen LogP contribution in [-0.4, -0.2) is 0 Å². The molecular formula is C21H16BrN5O. The molecule has 3 aromatic rings. The number of nitrogens with zero attached hydrogens (tertiary/aromatic N) is 3. The highest BCUT2D eigenvalue weighted by molar-refractivity contribution is 9.10. The van der Waals surface area contributed by atoms with Gasteiger partial charge in [0.05, 0.1) is 39.1 Å². The lowest BCUT2D eigenvalue weighted by Crippen LogP contribution is -2.12. The Morgan fingerprint density at radius 1 is 0.893 bits per heavy atom. The Hall–Kier alpha value is -3.55. The highest BCUT2D eigenvalue weighted by atomic mass is 79.9. The Bertz CT molecular complexity index is 1140. The summed E-state index contributed by atoms with van der Waals surface area (Å²) in [6, 6.07) is 18.4. The number of nitriles is 2. The van der Waals surface area contributed by atoms with Gasteiger partial charge in [-0.05, 0) is 83.4 Å². The van der Waals surface area contributed by atoms with Crippen LogP contribution in [0.3, 0.4) is 0 Å². The number of anilines is 2. The topological polar surface area (TPSA) is 97.1 Å². The minimum Gasteiger partial charge on any atom is -0.420 e. The van der Waals surface area contributed by atoms with E-state index in [4.69, 9.17) is 14.9 Å². The zero-order valence-corrected chi connectivity index (χ0v) is 16.8. The Balaban J connectivity index is 1.88. The van der Waals surface area contributed by atoms with Crippen molar-refractivity contribution in [1.82, 2.24) is 0 Å². The van der Waals surface area contributed by atoms with E-state index in [1.165, 1.54) is 0 Å². The van der Waals surface area contributed by atoms with Gasteiger partial charge < -0.3 is 4.42 Å². The third-order valence-electron chi connectivity index (χ3n) is 3.97. The van der Waals surface area contributed by atoms with Crippen molar-refractivity contribution in [2.45, 2.75) is 13.8 Å². The Morgan fingerprint density at radius 3 is 2.14 bits per heavy atom. The number of rotatable bonds is 4. The second-order valence-corrected chi connectivity index (χ2v) is 6.93. The predicted molar refractivity (Wildman–Crippen MR) is 111 cm³/mol. The van der Waals surface area contributed by atoms with Crippen molar-refractivity contribution in [2.24, 2.45) is 4.99 Å². The summed E-state index contributed by atoms with van der Waals surface area (Å²) in [5, 5.41) is 17.9. The maximum Gasteiger partial charge on any atom is 0.236 e. The van der Waals surface area contributed by atoms with Crippen molar-refractivity contribution in [3.05, 3.63) is 80.8 Å². The molecule has 0 unspecified atom stereocenters. The van der Waals surface area contributed by atoms with Crippen LogP contribution < -0.4 is 16.4 Å². The maximum absolute atomic E-state index is 9.09. The largest absolute Gasteiger partial charge is 0.420 e. The fourth-order valence-corrected chi connectivity index (χ4v) is 2.91. The van der Waals surface area contributed by atoms with Crippen LogP contribution in [0.1, 0.15) is 22.3 Å². The van der Waals surface area contributed by atoms with Crippen LogP contribution in [-0.2, 0) is 0 Å². The van der Waals surface area contributed by atoms with Gasteiger partial charge in [-0.2, -0.15) is 10.5 Å². The molecule has 138 valence electrons. The van der Waals surface area contributed by atoms with E-state index in [-0.39, 0.29) is 0 Å². The zero-order valence-electron chi connectivity index (χ0n) is 15.2. The summed E-state index contributed by atoms with van der Waals surface area (Å²) in [6.07, 6.45) is 0. The molecule has 2 N–H and O–H groups in total. The summed E-state index contributed by atoms with van der Waals surface area (Å²) in [4.78, 5) is 4.63. The maximum atomic E-state index is 9.09. The summed E-state index contributed by atoms with van der Waals surface area (Å²) in [7, 11) is 0. The molecule has 7 heteroatoms. The lowest BCUT2D eigenvalue weighted by atomic mass is 10.1. The van der Waals surface area contributed by atoms with Gasteiger partial charge in [-0.25, -0.2) is 4.99 Å². The van der Waals surface area contributed by atoms with Gasteiger partial charge in [0.25, 0.3) is 0 Å². The van der Waals surface area contributed by atoms with E-state index in [1.54, 1.807) is 42.5 Å². The van der Waals surface area contributed by atoms with Crippen LogP contribution in [0.5, 0.6) is 0 Å². The van der Waals surface area contributed by atoms with Crippen LogP contribution in [0, 0.1) is 36.5 Å². The third kappa shape index (κ3) is 4.40. The van der Waals surface area contributed by atoms with Gasteiger partial charge in [0.15, 0.2) is 0 Å². The highest BCUT2D eigenvalue weighted by Crippen LogP contribution is 2.25. The summed E-state index contributed by atoms with van der Waals surface area (Å²) in [5.74, 6) is 0.468. The highest BCUT2D eigenvalue weighted by Gasteiger charge is 2.06. The summed E-state index contributed by atoms with van der Waals surface area (Å²) in [6.45, 7) is 3.82. The van der Waals surface area contributed by atoms with Crippen molar-refractivity contribution >= 4 is 33.2 Å². The fraction of sp³-hybridized carbons (Fsp3) is 0.0952. The molecule has 0 radical (unpaired) electrons. The average Bonchev–Trinajstić information content (AvgIpc) is 2.71. The molecule has 0 aliphatic heterocycles. The van der Waals surface area contributed by atoms with Gasteiger partial charge in [-0.15, -0.1) is 0 Å². The minimum atomic E-state index is 0.405. The van der Waals surface area contributed by atoms with E-state index in [0.717, 1.165) is 22.5 Å². The number of hydrogen-bond acceptors (Lipinski definition) is 6. The molecule has 0 spiro atoms. The first-order valence-electron chi connectivity index (χ1n) is 8.38. The van der Waals surface area contributed by atoms with Gasteiger partial charge in [0.1, 0.15) is 0 Å². The molecule has 0 aliphatic carbocycles. The lowest BCUT2D eigenvalue weighted by Gasteiger charge is -2.09. The quantitative estimate of drug-likeness (QED) is 0.559. The second-order valence-electron chi connectivity index (χ2n) is 6.07. The van der Waals surface area contributed by atoms with E-state index >= 15 is 0 Å². The van der Waals surface area contributed by atoms with Crippen molar-refractivity contribution in [3.8, 4) is 12.1 Å². The van der Waals surface area contributed by atoms with Crippen LogP contribution in [0.2, 0.25) is 0 Å². The molecule has 1 aromatic heterocycles. The van der Waals surface area contributed by atoms with Crippen LogP contribution in [0.4, 0.5) is 17.3 Å². The van der Waals surface area contributed by atoms with Crippen LogP contribution >= 0.6 is 15.9 Å². The molecule has 0 atom stereocenters. The Labute approximate surface area is 170 Å². The normalized spacial score (nSPS) is 10.8. The first-order valence-corrected chi connectivity index (χ1v) is 9.17. The molecule has 0 aliphatic rings. The van der Waals surface area contributed by atoms with E-state index in [2.05, 4.69) is 43.9 Å². The first-order chi connectivity index (χ1) is 13.5. The summed E-state index contributed by atoms with van der Waals surface area (Å²) in [5.41, 5.74) is 10.9. The van der Waals surface area contributed by atoms with E-state index < -0.39 is 0 Å². The standard InChI is InChI=1S/C21H16BrN5O/c1-13-9-16(12-24)10-14(2)20(13)25-21-18(22)7-8-19(28-21)27-26-17-5-3-15(11-23)4-6-17/h3-10,26-27H,1-2H3. The van der Waals surface area contributed by atoms with Crippen LogP contribution in [0.25, 0.3) is 0 Å². The summed E-state index contributed by atoms with van der Waals surface area (Å²) >= 11 is 3.46. The minimum absolute atomic E-state index is 0.405. The Morgan fingerprint density at radius 2 is 1.54 bits per heavy atom. The number of aryl methyl sites for hydroxylation is 2. The second kappa shape index (κ2) is 8.43. The lowest BCUT2D eigenvalue weighted by molar-refractivity contribution is 0.508. The average molecular weight is 434 g/mol. The fourth-order valence-electron chi connectivity index (χ4n) is 2.61. The molecule has 2 aromatic carbocycles. The third-order valence-corrected chi connectivity index (χ3v) is 4.57. The van der Waals surface area contributed by atoms with E-state index in [9.17, 15) is 0 Å². The smallest absolute Gasteiger partial charge is 0.236 e. The number of hydrazine groups is 1. The molecule has 0 amide bonds. The SMILES string of the molecule is Cc1cc(C#N)cc(C)c1N=c1oc(NNc2ccc(C#N)cc2)ccc1Br. The molecule has 0 saturated carbocycles. The van der Waals surface area contributed by atoms with E-state index in [0.29, 0.717) is 27.0 Å². The monoisotopic (exact) mass is 433 g/mol. The van der Waals surface area contributed by atoms with Gasteiger partial charge in [0, 0.05) is 6.07 Å². The van der Waals surface area contributed by atoms with Gasteiger partial charge in [-0.1, -0.05) is 0 Å². The van der Waals surface area contributed by atoms with E-state index in [1.807, 2.05) is 19.9 Å². The number of halogens is 1. The molecule has 0 bridgehead atoms. The molecule has 3 rings (SSSR count). The zero-order chi connectivity index (χ0) is 20.1. The van der Waals surface area contributed by atoms with Crippen molar-refractivity contribution < 1.29 is 4.42 Å². The number of nitrogens with one attached hydrogen (secondary N) is 2. The summed E-state index contributed by atoms with van der Waals surface area (Å²) < 4.78 is 6.55. The van der Waals surface area contributed by atoms with Gasteiger partial charge in [-0.3, -0.25) is 10.9 Å². The molecule has 6 nitrogen and oxygen atoms in total. The van der Waals surface area contributed by atoms with Crippen molar-refractivity contribution in [2.75, 3.05) is 10.9 Å². The van der Waals surface area contributed by atoms with Gasteiger partial charge in [0.2, 0.25) is 11.4 Å². The predicted octanol–water partition coefficient (Wildman–Crippen LogP) is 5.07. The number of benzene rings is 2. The number of hydrogen-bond donors (Lipinski definition) is 2. The van der Waals surface area contributed by atoms with Crippen LogP contribution in [0.15, 0.2) is 62.4 Å².